The minimum atomic E-state index is 0.456. The lowest BCUT2D eigenvalue weighted by atomic mass is 10.2. The molecule has 0 aliphatic carbocycles. The highest BCUT2D eigenvalue weighted by molar-refractivity contribution is 7.98. The number of anilines is 1. The Bertz CT molecular complexity index is 357. The maximum atomic E-state index is 8.72. The van der Waals surface area contributed by atoms with Crippen LogP contribution in [0.4, 0.5) is 5.69 Å². The van der Waals surface area contributed by atoms with E-state index in [-0.39, 0.29) is 0 Å². The van der Waals surface area contributed by atoms with Crippen LogP contribution in [0, 0.1) is 11.3 Å². The SMILES string of the molecule is COc1cc(N)c(C#N)cc1SC. The number of methoxy groups -OCH3 is 1. The van der Waals surface area contributed by atoms with Crippen molar-refractivity contribution in [1.29, 1.82) is 5.26 Å². The molecule has 0 bridgehead atoms. The Kier molecular flexibility index (Phi) is 3.04. The zero-order valence-electron chi connectivity index (χ0n) is 7.50. The van der Waals surface area contributed by atoms with E-state index in [2.05, 4.69) is 0 Å². The van der Waals surface area contributed by atoms with E-state index in [0.29, 0.717) is 17.0 Å². The van der Waals surface area contributed by atoms with Gasteiger partial charge in [0.1, 0.15) is 11.8 Å². The van der Waals surface area contributed by atoms with E-state index < -0.39 is 0 Å². The Morgan fingerprint density at radius 3 is 2.69 bits per heavy atom. The van der Waals surface area contributed by atoms with Gasteiger partial charge < -0.3 is 10.5 Å². The van der Waals surface area contributed by atoms with Gasteiger partial charge in [0, 0.05) is 6.07 Å². The molecule has 0 heterocycles. The molecule has 0 saturated heterocycles. The van der Waals surface area contributed by atoms with Crippen LogP contribution in [0.1, 0.15) is 5.56 Å². The van der Waals surface area contributed by atoms with Crippen LogP contribution in [0.25, 0.3) is 0 Å². The van der Waals surface area contributed by atoms with Gasteiger partial charge >= 0.3 is 0 Å². The number of nitrogens with zero attached hydrogens (tertiary/aromatic N) is 1. The average Bonchev–Trinajstić information content (AvgIpc) is 2.17. The fourth-order valence-electron chi connectivity index (χ4n) is 0.992. The molecule has 0 spiro atoms. The van der Waals surface area contributed by atoms with E-state index in [1.807, 2.05) is 12.3 Å². The summed E-state index contributed by atoms with van der Waals surface area (Å²) in [4.78, 5) is 0.924. The van der Waals surface area contributed by atoms with Crippen LogP contribution in [-0.4, -0.2) is 13.4 Å². The summed E-state index contributed by atoms with van der Waals surface area (Å²) >= 11 is 1.53. The van der Waals surface area contributed by atoms with Gasteiger partial charge in [0.2, 0.25) is 0 Å². The third-order valence-electron chi connectivity index (χ3n) is 1.68. The monoisotopic (exact) mass is 194 g/mol. The topological polar surface area (TPSA) is 59.0 Å². The molecule has 1 aromatic rings. The first-order valence-electron chi connectivity index (χ1n) is 3.64. The number of hydrogen-bond donors (Lipinski definition) is 1. The fraction of sp³-hybridized carbons (Fsp3) is 0.222. The number of nitrogens with two attached hydrogens (primary N) is 1. The van der Waals surface area contributed by atoms with Gasteiger partial charge in [0.25, 0.3) is 0 Å². The molecular formula is C9H10N2OS. The van der Waals surface area contributed by atoms with Gasteiger partial charge in [-0.1, -0.05) is 0 Å². The molecule has 13 heavy (non-hydrogen) atoms. The van der Waals surface area contributed by atoms with Crippen LogP contribution in [0.3, 0.4) is 0 Å². The molecule has 0 fully saturated rings. The lowest BCUT2D eigenvalue weighted by Gasteiger charge is -2.07. The first-order chi connectivity index (χ1) is 6.22. The van der Waals surface area contributed by atoms with E-state index in [1.165, 1.54) is 11.8 Å². The number of hydrogen-bond acceptors (Lipinski definition) is 4. The molecule has 0 radical (unpaired) electrons. The lowest BCUT2D eigenvalue weighted by molar-refractivity contribution is 0.405. The second kappa shape index (κ2) is 4.06. The Hall–Kier alpha value is -1.34. The number of nitriles is 1. The number of nitrogen functional groups attached to an aromatic ring is 1. The first kappa shape index (κ1) is 9.75. The van der Waals surface area contributed by atoms with Gasteiger partial charge in [0.15, 0.2) is 0 Å². The van der Waals surface area contributed by atoms with Crippen molar-refractivity contribution in [3.8, 4) is 11.8 Å². The number of rotatable bonds is 2. The molecule has 0 amide bonds. The molecule has 0 saturated carbocycles. The Balaban J connectivity index is 3.28. The Morgan fingerprint density at radius 1 is 1.54 bits per heavy atom. The summed E-state index contributed by atoms with van der Waals surface area (Å²) in [6, 6.07) is 5.43. The van der Waals surface area contributed by atoms with Crippen molar-refractivity contribution in [2.24, 2.45) is 0 Å². The number of thioether (sulfide) groups is 1. The molecule has 1 rings (SSSR count). The highest BCUT2D eigenvalue weighted by atomic mass is 32.2. The molecule has 4 heteroatoms. The molecule has 0 aliphatic rings. The van der Waals surface area contributed by atoms with Gasteiger partial charge in [-0.3, -0.25) is 0 Å². The van der Waals surface area contributed by atoms with Crippen molar-refractivity contribution in [3.05, 3.63) is 17.7 Å². The van der Waals surface area contributed by atoms with Crippen molar-refractivity contribution in [1.82, 2.24) is 0 Å². The predicted molar refractivity (Wildman–Crippen MR) is 53.9 cm³/mol. The predicted octanol–water partition coefficient (Wildman–Crippen LogP) is 1.87. The van der Waals surface area contributed by atoms with Crippen molar-refractivity contribution >= 4 is 17.4 Å². The highest BCUT2D eigenvalue weighted by Crippen LogP contribution is 2.31. The minimum Gasteiger partial charge on any atom is -0.496 e. The average molecular weight is 194 g/mol. The second-order valence-electron chi connectivity index (χ2n) is 2.41. The number of ether oxygens (including phenoxy) is 1. The molecule has 0 unspecified atom stereocenters. The maximum Gasteiger partial charge on any atom is 0.134 e. The quantitative estimate of drug-likeness (QED) is 0.576. The van der Waals surface area contributed by atoms with Crippen LogP contribution in [0.2, 0.25) is 0 Å². The van der Waals surface area contributed by atoms with Crippen molar-refractivity contribution in [3.63, 3.8) is 0 Å². The standard InChI is InChI=1S/C9H10N2OS/c1-12-8-4-7(11)6(5-10)3-9(8)13-2/h3-4H,11H2,1-2H3. The van der Waals surface area contributed by atoms with Crippen LogP contribution < -0.4 is 10.5 Å². The van der Waals surface area contributed by atoms with Gasteiger partial charge in [-0.15, -0.1) is 11.8 Å². The highest BCUT2D eigenvalue weighted by Gasteiger charge is 2.06. The molecular weight excluding hydrogens is 184 g/mol. The van der Waals surface area contributed by atoms with Gasteiger partial charge in [0.05, 0.1) is 23.3 Å². The third kappa shape index (κ3) is 1.87. The van der Waals surface area contributed by atoms with Gasteiger partial charge in [-0.05, 0) is 12.3 Å². The number of benzene rings is 1. The van der Waals surface area contributed by atoms with E-state index in [9.17, 15) is 0 Å². The third-order valence-corrected chi connectivity index (χ3v) is 2.44. The van der Waals surface area contributed by atoms with Crippen molar-refractivity contribution < 1.29 is 4.74 Å². The second-order valence-corrected chi connectivity index (χ2v) is 3.25. The summed E-state index contributed by atoms with van der Waals surface area (Å²) in [5.41, 5.74) is 6.57. The van der Waals surface area contributed by atoms with Gasteiger partial charge in [-0.25, -0.2) is 0 Å². The fourth-order valence-corrected chi connectivity index (χ4v) is 1.57. The van der Waals surface area contributed by atoms with E-state index in [0.717, 1.165) is 4.90 Å². The zero-order chi connectivity index (χ0) is 9.84. The van der Waals surface area contributed by atoms with Crippen molar-refractivity contribution in [2.45, 2.75) is 4.90 Å². The van der Waals surface area contributed by atoms with Crippen LogP contribution in [-0.2, 0) is 0 Å². The summed E-state index contributed by atoms with van der Waals surface area (Å²) in [5, 5.41) is 8.72. The minimum absolute atomic E-state index is 0.456. The molecule has 0 aliphatic heterocycles. The summed E-state index contributed by atoms with van der Waals surface area (Å²) in [6.45, 7) is 0. The largest absolute Gasteiger partial charge is 0.496 e. The summed E-state index contributed by atoms with van der Waals surface area (Å²) in [6.07, 6.45) is 1.93. The van der Waals surface area contributed by atoms with Gasteiger partial charge in [-0.2, -0.15) is 5.26 Å². The maximum absolute atomic E-state index is 8.72. The normalized spacial score (nSPS) is 9.31. The smallest absolute Gasteiger partial charge is 0.134 e. The first-order valence-corrected chi connectivity index (χ1v) is 4.87. The summed E-state index contributed by atoms with van der Waals surface area (Å²) < 4.78 is 5.11. The van der Waals surface area contributed by atoms with Crippen LogP contribution >= 0.6 is 11.8 Å². The molecule has 0 atom stereocenters. The van der Waals surface area contributed by atoms with E-state index in [4.69, 9.17) is 15.7 Å². The summed E-state index contributed by atoms with van der Waals surface area (Å²) in [7, 11) is 1.58. The van der Waals surface area contributed by atoms with E-state index >= 15 is 0 Å². The Morgan fingerprint density at radius 2 is 2.23 bits per heavy atom. The Labute approximate surface area is 81.5 Å². The molecule has 3 nitrogen and oxygen atoms in total. The van der Waals surface area contributed by atoms with Crippen molar-refractivity contribution in [2.75, 3.05) is 19.1 Å². The lowest BCUT2D eigenvalue weighted by Crippen LogP contribution is -1.94. The summed E-state index contributed by atoms with van der Waals surface area (Å²) in [5.74, 6) is 0.712. The molecule has 2 N–H and O–H groups in total. The molecule has 68 valence electrons. The van der Waals surface area contributed by atoms with Crippen LogP contribution in [0.5, 0.6) is 5.75 Å². The van der Waals surface area contributed by atoms with E-state index in [1.54, 1.807) is 19.2 Å². The zero-order valence-corrected chi connectivity index (χ0v) is 8.31. The molecule has 1 aromatic carbocycles. The molecule has 0 aromatic heterocycles. The van der Waals surface area contributed by atoms with Crippen LogP contribution in [0.15, 0.2) is 17.0 Å².